The van der Waals surface area contributed by atoms with Crippen LogP contribution in [0.3, 0.4) is 0 Å². The zero-order chi connectivity index (χ0) is 16.1. The maximum Gasteiger partial charge on any atom is 0.230 e. The van der Waals surface area contributed by atoms with E-state index in [9.17, 15) is 4.79 Å². The molecule has 0 atom stereocenters. The van der Waals surface area contributed by atoms with Crippen molar-refractivity contribution in [1.82, 2.24) is 4.72 Å². The molecule has 0 unspecified atom stereocenters. The van der Waals surface area contributed by atoms with Gasteiger partial charge in [0.1, 0.15) is 0 Å². The lowest BCUT2D eigenvalue weighted by Gasteiger charge is -2.16. The van der Waals surface area contributed by atoms with E-state index in [1.54, 1.807) is 0 Å². The van der Waals surface area contributed by atoms with Gasteiger partial charge in [0, 0.05) is 36.5 Å². The highest BCUT2D eigenvalue weighted by molar-refractivity contribution is 7.98. The Bertz CT molecular complexity index is 653. The molecule has 0 bridgehead atoms. The number of hydrogen-bond donors (Lipinski definition) is 1. The maximum absolute atomic E-state index is 11.9. The van der Waals surface area contributed by atoms with Crippen molar-refractivity contribution in [3.05, 3.63) is 36.4 Å². The summed E-state index contributed by atoms with van der Waals surface area (Å²) in [6, 6.07) is 12.5. The zero-order valence-electron chi connectivity index (χ0n) is 13.7. The van der Waals surface area contributed by atoms with Crippen molar-refractivity contribution < 1.29 is 4.79 Å². The van der Waals surface area contributed by atoms with Crippen molar-refractivity contribution >= 4 is 34.3 Å². The van der Waals surface area contributed by atoms with Gasteiger partial charge in [-0.3, -0.25) is 9.52 Å². The summed E-state index contributed by atoms with van der Waals surface area (Å²) in [6.45, 7) is 4.27. The number of anilines is 1. The van der Waals surface area contributed by atoms with E-state index in [4.69, 9.17) is 0 Å². The van der Waals surface area contributed by atoms with Gasteiger partial charge in [0.05, 0.1) is 0 Å². The standard InChI is InChI=1S/C18H24N2OS/c1-13(2)11-12-18(21)19-22-17-10-6-7-14-15(17)8-5-9-16(14)20(3)4/h5-10,13H,11-12H2,1-4H3,(H,19,21). The molecule has 0 fully saturated rings. The van der Waals surface area contributed by atoms with Gasteiger partial charge in [-0.15, -0.1) is 0 Å². The molecule has 2 aromatic rings. The predicted molar refractivity (Wildman–Crippen MR) is 96.3 cm³/mol. The molecule has 0 aliphatic rings. The molecule has 1 amide bonds. The third-order valence-corrected chi connectivity index (χ3v) is 4.47. The van der Waals surface area contributed by atoms with Gasteiger partial charge in [-0.05, 0) is 41.8 Å². The Balaban J connectivity index is 2.15. The van der Waals surface area contributed by atoms with E-state index in [-0.39, 0.29) is 5.91 Å². The third-order valence-electron chi connectivity index (χ3n) is 3.56. The lowest BCUT2D eigenvalue weighted by molar-refractivity contribution is -0.119. The fourth-order valence-electron chi connectivity index (χ4n) is 2.33. The number of fused-ring (bicyclic) bond motifs is 1. The van der Waals surface area contributed by atoms with Crippen molar-refractivity contribution in [3.8, 4) is 0 Å². The van der Waals surface area contributed by atoms with Crippen LogP contribution in [0.4, 0.5) is 5.69 Å². The van der Waals surface area contributed by atoms with Crippen molar-refractivity contribution in [2.24, 2.45) is 5.92 Å². The Hall–Kier alpha value is -1.68. The SMILES string of the molecule is CC(C)CCC(=O)NSc1cccc2c(N(C)C)cccc12. The molecule has 4 heteroatoms. The lowest BCUT2D eigenvalue weighted by Crippen LogP contribution is -2.15. The highest BCUT2D eigenvalue weighted by atomic mass is 32.2. The van der Waals surface area contributed by atoms with Crippen LogP contribution in [0.2, 0.25) is 0 Å². The van der Waals surface area contributed by atoms with Gasteiger partial charge in [-0.1, -0.05) is 38.1 Å². The Morgan fingerprint density at radius 1 is 1.14 bits per heavy atom. The van der Waals surface area contributed by atoms with Crippen LogP contribution < -0.4 is 9.62 Å². The summed E-state index contributed by atoms with van der Waals surface area (Å²) < 4.78 is 2.96. The molecular weight excluding hydrogens is 292 g/mol. The number of carbonyl (C=O) groups excluding carboxylic acids is 1. The first kappa shape index (κ1) is 16.7. The summed E-state index contributed by atoms with van der Waals surface area (Å²) in [6.07, 6.45) is 1.51. The predicted octanol–water partition coefficient (Wildman–Crippen LogP) is 4.47. The fraction of sp³-hybridized carbons (Fsp3) is 0.389. The normalized spacial score (nSPS) is 11.0. The number of amides is 1. The van der Waals surface area contributed by atoms with Crippen LogP contribution >= 0.6 is 11.9 Å². The second-order valence-electron chi connectivity index (χ2n) is 6.08. The van der Waals surface area contributed by atoms with Crippen molar-refractivity contribution in [1.29, 1.82) is 0 Å². The van der Waals surface area contributed by atoms with Crippen molar-refractivity contribution in [2.45, 2.75) is 31.6 Å². The Kier molecular flexibility index (Phi) is 5.72. The second-order valence-corrected chi connectivity index (χ2v) is 6.93. The number of nitrogens with one attached hydrogen (secondary N) is 1. The van der Waals surface area contributed by atoms with Gasteiger partial charge in [0.25, 0.3) is 0 Å². The van der Waals surface area contributed by atoms with Crippen molar-refractivity contribution in [2.75, 3.05) is 19.0 Å². The van der Waals surface area contributed by atoms with Crippen molar-refractivity contribution in [3.63, 3.8) is 0 Å². The number of benzene rings is 2. The molecule has 1 N–H and O–H groups in total. The summed E-state index contributed by atoms with van der Waals surface area (Å²) in [4.78, 5) is 15.1. The highest BCUT2D eigenvalue weighted by Crippen LogP contribution is 2.31. The smallest absolute Gasteiger partial charge is 0.230 e. The summed E-state index contributed by atoms with van der Waals surface area (Å²) >= 11 is 1.41. The van der Waals surface area contributed by atoms with Crippen LogP contribution in [0.5, 0.6) is 0 Å². The average molecular weight is 316 g/mol. The molecule has 0 spiro atoms. The molecule has 22 heavy (non-hydrogen) atoms. The molecule has 0 saturated heterocycles. The molecule has 0 radical (unpaired) electrons. The largest absolute Gasteiger partial charge is 0.377 e. The summed E-state index contributed by atoms with van der Waals surface area (Å²) in [5, 5.41) is 2.37. The van der Waals surface area contributed by atoms with Gasteiger partial charge in [-0.25, -0.2) is 0 Å². The molecule has 3 nitrogen and oxygen atoms in total. The van der Waals surface area contributed by atoms with Crippen LogP contribution in [0.25, 0.3) is 10.8 Å². The minimum absolute atomic E-state index is 0.0967. The van der Waals surface area contributed by atoms with Gasteiger partial charge >= 0.3 is 0 Å². The van der Waals surface area contributed by atoms with E-state index in [0.717, 1.165) is 11.3 Å². The van der Waals surface area contributed by atoms with Gasteiger partial charge in [0.2, 0.25) is 5.91 Å². The minimum Gasteiger partial charge on any atom is -0.377 e. The third kappa shape index (κ3) is 4.17. The van der Waals surface area contributed by atoms with E-state index in [0.29, 0.717) is 12.3 Å². The minimum atomic E-state index is 0.0967. The van der Waals surface area contributed by atoms with E-state index in [1.807, 2.05) is 20.2 Å². The van der Waals surface area contributed by atoms with E-state index in [1.165, 1.54) is 28.4 Å². The second kappa shape index (κ2) is 7.54. The fourth-order valence-corrected chi connectivity index (χ4v) is 3.09. The molecule has 0 saturated carbocycles. The molecule has 2 aromatic carbocycles. The number of carbonyl (C=O) groups is 1. The highest BCUT2D eigenvalue weighted by Gasteiger charge is 2.09. The Morgan fingerprint density at radius 2 is 1.82 bits per heavy atom. The van der Waals surface area contributed by atoms with Crippen LogP contribution in [0.1, 0.15) is 26.7 Å². The average Bonchev–Trinajstić information content (AvgIpc) is 2.50. The molecule has 0 heterocycles. The summed E-state index contributed by atoms with van der Waals surface area (Å²) in [5.41, 5.74) is 1.19. The van der Waals surface area contributed by atoms with Crippen LogP contribution in [0, 0.1) is 5.92 Å². The first-order valence-corrected chi connectivity index (χ1v) is 8.45. The molecule has 0 aromatic heterocycles. The monoisotopic (exact) mass is 316 g/mol. The van der Waals surface area contributed by atoms with E-state index >= 15 is 0 Å². The molecule has 0 aliphatic heterocycles. The quantitative estimate of drug-likeness (QED) is 0.798. The van der Waals surface area contributed by atoms with Crippen LogP contribution in [-0.2, 0) is 4.79 Å². The zero-order valence-corrected chi connectivity index (χ0v) is 14.5. The Morgan fingerprint density at radius 3 is 2.50 bits per heavy atom. The maximum atomic E-state index is 11.9. The summed E-state index contributed by atoms with van der Waals surface area (Å²) in [5.74, 6) is 0.649. The molecule has 2 rings (SSSR count). The molecule has 0 aliphatic carbocycles. The van der Waals surface area contributed by atoms with E-state index in [2.05, 4.69) is 53.8 Å². The van der Waals surface area contributed by atoms with E-state index < -0.39 is 0 Å². The van der Waals surface area contributed by atoms with Gasteiger partial charge < -0.3 is 4.90 Å². The van der Waals surface area contributed by atoms with Crippen LogP contribution in [0.15, 0.2) is 41.3 Å². The number of nitrogens with zero attached hydrogens (tertiary/aromatic N) is 1. The van der Waals surface area contributed by atoms with Gasteiger partial charge in [0.15, 0.2) is 0 Å². The number of rotatable bonds is 6. The Labute approximate surface area is 137 Å². The topological polar surface area (TPSA) is 32.3 Å². The molecular formula is C18H24N2OS. The first-order valence-electron chi connectivity index (χ1n) is 7.63. The summed E-state index contributed by atoms with van der Waals surface area (Å²) in [7, 11) is 4.09. The first-order chi connectivity index (χ1) is 10.5. The van der Waals surface area contributed by atoms with Crippen LogP contribution in [-0.4, -0.2) is 20.0 Å². The molecule has 118 valence electrons. The van der Waals surface area contributed by atoms with Gasteiger partial charge in [-0.2, -0.15) is 0 Å². The number of hydrogen-bond acceptors (Lipinski definition) is 3. The lowest BCUT2D eigenvalue weighted by atomic mass is 10.1.